The van der Waals surface area contributed by atoms with Crippen LogP contribution in [0.1, 0.15) is 22.8 Å². The van der Waals surface area contributed by atoms with Crippen LogP contribution in [0.5, 0.6) is 0 Å². The number of aryl methyl sites for hydroxylation is 1. The molecule has 0 aliphatic carbocycles. The lowest BCUT2D eigenvalue weighted by Gasteiger charge is -2.20. The Balaban J connectivity index is 2.13. The highest BCUT2D eigenvalue weighted by Crippen LogP contribution is 2.17. The summed E-state index contributed by atoms with van der Waals surface area (Å²) in [6.45, 7) is 1.91. The highest BCUT2D eigenvalue weighted by Gasteiger charge is 2.26. The molecule has 0 saturated heterocycles. The van der Waals surface area contributed by atoms with E-state index in [4.69, 9.17) is 4.74 Å². The minimum atomic E-state index is -1.07. The number of carbonyl (C=O) groups excluding carboxylic acids is 1. The third kappa shape index (κ3) is 4.43. The van der Waals surface area contributed by atoms with Gasteiger partial charge in [-0.25, -0.2) is 4.79 Å². The molecule has 0 bridgehead atoms. The van der Waals surface area contributed by atoms with E-state index >= 15 is 0 Å². The van der Waals surface area contributed by atoms with E-state index in [0.717, 1.165) is 11.1 Å². The molecule has 0 unspecified atom stereocenters. The molecule has 5 heteroatoms. The molecule has 2 rings (SSSR count). The Morgan fingerprint density at radius 2 is 1.71 bits per heavy atom. The monoisotopic (exact) mass is 327 g/mol. The fourth-order valence-corrected chi connectivity index (χ4v) is 2.53. The molecule has 2 aromatic carbocycles. The predicted octanol–water partition coefficient (Wildman–Crippen LogP) is 2.49. The van der Waals surface area contributed by atoms with Crippen molar-refractivity contribution in [3.63, 3.8) is 0 Å². The normalized spacial score (nSPS) is 13.1. The van der Waals surface area contributed by atoms with Crippen molar-refractivity contribution in [1.29, 1.82) is 0 Å². The van der Waals surface area contributed by atoms with Crippen LogP contribution in [0.3, 0.4) is 0 Å². The summed E-state index contributed by atoms with van der Waals surface area (Å²) >= 11 is 0. The maximum Gasteiger partial charge on any atom is 0.326 e. The first kappa shape index (κ1) is 17.7. The largest absolute Gasteiger partial charge is 0.480 e. The number of nitrogens with one attached hydrogen (secondary N) is 1. The van der Waals surface area contributed by atoms with Crippen LogP contribution >= 0.6 is 0 Å². The molecule has 0 fully saturated rings. The lowest BCUT2D eigenvalue weighted by atomic mass is 10.0. The molecular weight excluding hydrogens is 306 g/mol. The zero-order valence-electron chi connectivity index (χ0n) is 13.7. The van der Waals surface area contributed by atoms with Crippen LogP contribution in [0.2, 0.25) is 0 Å². The Morgan fingerprint density at radius 1 is 1.08 bits per heavy atom. The van der Waals surface area contributed by atoms with E-state index < -0.39 is 24.0 Å². The number of rotatable bonds is 7. The SMILES string of the molecule is CO[C@@H](C(=O)N[C@@H](Cc1ccccc1C)C(=O)O)c1ccccc1. The van der Waals surface area contributed by atoms with Crippen molar-refractivity contribution >= 4 is 11.9 Å². The molecule has 5 nitrogen and oxygen atoms in total. The molecule has 2 N–H and O–H groups in total. The van der Waals surface area contributed by atoms with Gasteiger partial charge in [-0.2, -0.15) is 0 Å². The van der Waals surface area contributed by atoms with Crippen molar-refractivity contribution < 1.29 is 19.4 Å². The highest BCUT2D eigenvalue weighted by molar-refractivity contribution is 5.87. The van der Waals surface area contributed by atoms with Crippen LogP contribution in [0, 0.1) is 6.92 Å². The summed E-state index contributed by atoms with van der Waals surface area (Å²) in [6, 6.07) is 15.5. The minimum Gasteiger partial charge on any atom is -0.480 e. The van der Waals surface area contributed by atoms with Crippen molar-refractivity contribution in [2.75, 3.05) is 7.11 Å². The van der Waals surface area contributed by atoms with E-state index in [9.17, 15) is 14.7 Å². The Morgan fingerprint density at radius 3 is 2.29 bits per heavy atom. The van der Waals surface area contributed by atoms with E-state index in [2.05, 4.69) is 5.32 Å². The number of amides is 1. The molecule has 0 heterocycles. The molecule has 0 radical (unpaired) electrons. The molecule has 2 aromatic rings. The van der Waals surface area contributed by atoms with Crippen molar-refractivity contribution in [3.8, 4) is 0 Å². The van der Waals surface area contributed by atoms with Crippen molar-refractivity contribution in [2.24, 2.45) is 0 Å². The number of ether oxygens (including phenoxy) is 1. The number of carboxylic acid groups (broad SMARTS) is 1. The first-order chi connectivity index (χ1) is 11.5. The predicted molar refractivity (Wildman–Crippen MR) is 90.6 cm³/mol. The van der Waals surface area contributed by atoms with Crippen LogP contribution in [-0.2, 0) is 20.7 Å². The molecule has 126 valence electrons. The summed E-state index contributed by atoms with van der Waals surface area (Å²) in [5.41, 5.74) is 2.56. The van der Waals surface area contributed by atoms with Crippen LogP contribution in [0.15, 0.2) is 54.6 Å². The molecule has 0 spiro atoms. The Bertz CT molecular complexity index is 700. The average molecular weight is 327 g/mol. The molecule has 1 amide bonds. The molecule has 0 aliphatic rings. The quantitative estimate of drug-likeness (QED) is 0.819. The summed E-state index contributed by atoms with van der Waals surface area (Å²) < 4.78 is 5.25. The number of carboxylic acids is 1. The van der Waals surface area contributed by atoms with Gasteiger partial charge >= 0.3 is 5.97 Å². The summed E-state index contributed by atoms with van der Waals surface area (Å²) in [7, 11) is 1.42. The van der Waals surface area contributed by atoms with Crippen LogP contribution in [0.25, 0.3) is 0 Å². The van der Waals surface area contributed by atoms with Gasteiger partial charge in [-0.15, -0.1) is 0 Å². The van der Waals surface area contributed by atoms with Gasteiger partial charge in [0.25, 0.3) is 5.91 Å². The molecule has 0 aromatic heterocycles. The van der Waals surface area contributed by atoms with Gasteiger partial charge < -0.3 is 15.2 Å². The lowest BCUT2D eigenvalue weighted by molar-refractivity contribution is -0.144. The molecular formula is C19H21NO4. The Labute approximate surface area is 141 Å². The van der Waals surface area contributed by atoms with E-state index in [1.165, 1.54) is 7.11 Å². The molecule has 2 atom stereocenters. The van der Waals surface area contributed by atoms with Gasteiger partial charge in [-0.05, 0) is 23.6 Å². The minimum absolute atomic E-state index is 0.221. The summed E-state index contributed by atoms with van der Waals surface area (Å²) in [4.78, 5) is 24.0. The molecule has 0 saturated carbocycles. The summed E-state index contributed by atoms with van der Waals surface area (Å²) in [5.74, 6) is -1.54. The van der Waals surface area contributed by atoms with Gasteiger partial charge in [0.05, 0.1) is 0 Å². The molecule has 24 heavy (non-hydrogen) atoms. The van der Waals surface area contributed by atoms with E-state index in [-0.39, 0.29) is 6.42 Å². The molecule has 0 aliphatic heterocycles. The van der Waals surface area contributed by atoms with Gasteiger partial charge in [0.15, 0.2) is 6.10 Å². The second-order valence-corrected chi connectivity index (χ2v) is 5.56. The van der Waals surface area contributed by atoms with E-state index in [0.29, 0.717) is 5.56 Å². The zero-order chi connectivity index (χ0) is 17.5. The maximum atomic E-state index is 12.5. The number of hydrogen-bond acceptors (Lipinski definition) is 3. The first-order valence-electron chi connectivity index (χ1n) is 7.68. The van der Waals surface area contributed by atoms with Crippen molar-refractivity contribution in [1.82, 2.24) is 5.32 Å². The van der Waals surface area contributed by atoms with Gasteiger partial charge in [0.2, 0.25) is 0 Å². The van der Waals surface area contributed by atoms with Crippen molar-refractivity contribution in [3.05, 3.63) is 71.3 Å². The Kier molecular flexibility index (Phi) is 6.09. The summed E-state index contributed by atoms with van der Waals surface area (Å²) in [5, 5.41) is 12.0. The maximum absolute atomic E-state index is 12.5. The number of benzene rings is 2. The Hall–Kier alpha value is -2.66. The van der Waals surface area contributed by atoms with E-state index in [1.807, 2.05) is 37.3 Å². The van der Waals surface area contributed by atoms with Gasteiger partial charge in [0.1, 0.15) is 6.04 Å². The third-order valence-electron chi connectivity index (χ3n) is 3.88. The fraction of sp³-hybridized carbons (Fsp3) is 0.263. The fourth-order valence-electron chi connectivity index (χ4n) is 2.53. The highest BCUT2D eigenvalue weighted by atomic mass is 16.5. The van der Waals surface area contributed by atoms with Crippen LogP contribution in [0.4, 0.5) is 0 Å². The average Bonchev–Trinajstić information content (AvgIpc) is 2.57. The van der Waals surface area contributed by atoms with Crippen molar-refractivity contribution in [2.45, 2.75) is 25.5 Å². The smallest absolute Gasteiger partial charge is 0.326 e. The topological polar surface area (TPSA) is 75.6 Å². The summed E-state index contributed by atoms with van der Waals surface area (Å²) in [6.07, 6.45) is -0.621. The second kappa shape index (κ2) is 8.26. The van der Waals surface area contributed by atoms with Crippen LogP contribution in [-0.4, -0.2) is 30.1 Å². The number of carbonyl (C=O) groups is 2. The number of hydrogen-bond donors (Lipinski definition) is 2. The van der Waals surface area contributed by atoms with Gasteiger partial charge in [-0.3, -0.25) is 4.79 Å². The first-order valence-corrected chi connectivity index (χ1v) is 7.68. The lowest BCUT2D eigenvalue weighted by Crippen LogP contribution is -2.44. The zero-order valence-corrected chi connectivity index (χ0v) is 13.7. The van der Waals surface area contributed by atoms with E-state index in [1.54, 1.807) is 24.3 Å². The number of aliphatic carboxylic acids is 1. The number of methoxy groups -OCH3 is 1. The third-order valence-corrected chi connectivity index (χ3v) is 3.88. The standard InChI is InChI=1S/C19H21NO4/c1-13-8-6-7-11-15(13)12-16(19(22)23)20-18(21)17(24-2)14-9-4-3-5-10-14/h3-11,16-17H,12H2,1-2H3,(H,20,21)(H,22,23)/t16-,17+/m0/s1. The van der Waals surface area contributed by atoms with Crippen LogP contribution < -0.4 is 5.32 Å². The van der Waals surface area contributed by atoms with Gasteiger partial charge in [0, 0.05) is 13.5 Å². The second-order valence-electron chi connectivity index (χ2n) is 5.56. The van der Waals surface area contributed by atoms with Gasteiger partial charge in [-0.1, -0.05) is 54.6 Å².